The Kier molecular flexibility index (Phi) is 2.01. The van der Waals surface area contributed by atoms with E-state index >= 15 is 0 Å². The van der Waals surface area contributed by atoms with Crippen LogP contribution in [-0.2, 0) is 7.05 Å². The molecule has 0 radical (unpaired) electrons. The predicted octanol–water partition coefficient (Wildman–Crippen LogP) is 1.67. The first-order valence-electron chi connectivity index (χ1n) is 3.71. The van der Waals surface area contributed by atoms with Gasteiger partial charge in [0.05, 0.1) is 10.2 Å². The maximum absolute atomic E-state index is 5.86. The third-order valence-corrected chi connectivity index (χ3v) is 3.23. The number of thiazole rings is 1. The van der Waals surface area contributed by atoms with Gasteiger partial charge in [-0.1, -0.05) is 22.9 Å². The molecule has 0 aliphatic heterocycles. The zero-order valence-electron chi connectivity index (χ0n) is 6.99. The van der Waals surface area contributed by atoms with E-state index in [1.807, 2.05) is 29.8 Å². The highest BCUT2D eigenvalue weighted by Gasteiger charge is 2.01. The minimum absolute atomic E-state index is 0.734. The van der Waals surface area contributed by atoms with E-state index in [1.165, 1.54) is 11.3 Å². The third-order valence-electron chi connectivity index (χ3n) is 1.88. The summed E-state index contributed by atoms with van der Waals surface area (Å²) in [4.78, 5) is 0.789. The second-order valence-electron chi connectivity index (χ2n) is 2.68. The Labute approximate surface area is 84.1 Å². The molecule has 2 aromatic rings. The SMILES string of the molecule is Cn1/c(=N/N)sc2cc(Cl)ccc21. The standard InChI is InChI=1S/C8H8ClN3S/c1-12-6-3-2-5(9)4-7(6)13-8(12)11-10/h2-4H,10H2,1H3/b11-8-. The molecule has 0 spiro atoms. The van der Waals surface area contributed by atoms with Crippen LogP contribution in [0.2, 0.25) is 5.02 Å². The van der Waals surface area contributed by atoms with Crippen molar-refractivity contribution in [2.45, 2.75) is 0 Å². The molecule has 0 saturated heterocycles. The van der Waals surface area contributed by atoms with Gasteiger partial charge in [-0.2, -0.15) is 5.10 Å². The Morgan fingerprint density at radius 3 is 3.00 bits per heavy atom. The smallest absolute Gasteiger partial charge is 0.208 e. The van der Waals surface area contributed by atoms with Crippen molar-refractivity contribution in [3.05, 3.63) is 28.0 Å². The monoisotopic (exact) mass is 213 g/mol. The van der Waals surface area contributed by atoms with E-state index in [9.17, 15) is 0 Å². The van der Waals surface area contributed by atoms with Gasteiger partial charge in [-0.05, 0) is 18.2 Å². The van der Waals surface area contributed by atoms with Crippen LogP contribution in [0.15, 0.2) is 23.3 Å². The fraction of sp³-hybridized carbons (Fsp3) is 0.125. The fourth-order valence-corrected chi connectivity index (χ4v) is 2.45. The minimum atomic E-state index is 0.734. The molecule has 1 aromatic heterocycles. The number of nitrogens with zero attached hydrogens (tertiary/aromatic N) is 2. The van der Waals surface area contributed by atoms with Gasteiger partial charge in [-0.25, -0.2) is 0 Å². The molecule has 2 rings (SSSR count). The van der Waals surface area contributed by atoms with Crippen molar-refractivity contribution in [3.63, 3.8) is 0 Å². The highest BCUT2D eigenvalue weighted by atomic mass is 35.5. The summed E-state index contributed by atoms with van der Waals surface area (Å²) in [5.74, 6) is 5.23. The van der Waals surface area contributed by atoms with Gasteiger partial charge in [-0.15, -0.1) is 0 Å². The lowest BCUT2D eigenvalue weighted by molar-refractivity contribution is 0.888. The molecule has 0 saturated carbocycles. The van der Waals surface area contributed by atoms with Gasteiger partial charge in [0.2, 0.25) is 4.80 Å². The van der Waals surface area contributed by atoms with Crippen molar-refractivity contribution >= 4 is 33.2 Å². The summed E-state index contributed by atoms with van der Waals surface area (Å²) in [5, 5.41) is 4.41. The first-order chi connectivity index (χ1) is 6.22. The zero-order valence-corrected chi connectivity index (χ0v) is 8.56. The molecule has 0 fully saturated rings. The van der Waals surface area contributed by atoms with Crippen LogP contribution in [0.25, 0.3) is 10.2 Å². The molecule has 3 nitrogen and oxygen atoms in total. The van der Waals surface area contributed by atoms with E-state index in [1.54, 1.807) is 0 Å². The first-order valence-corrected chi connectivity index (χ1v) is 4.91. The summed E-state index contributed by atoms with van der Waals surface area (Å²) < 4.78 is 3.04. The van der Waals surface area contributed by atoms with Crippen molar-refractivity contribution in [3.8, 4) is 0 Å². The largest absolute Gasteiger partial charge is 0.320 e. The summed E-state index contributed by atoms with van der Waals surface area (Å²) in [6, 6.07) is 5.73. The Bertz CT molecular complexity index is 512. The molecule has 0 aliphatic rings. The maximum atomic E-state index is 5.86. The number of benzene rings is 1. The maximum Gasteiger partial charge on any atom is 0.208 e. The summed E-state index contributed by atoms with van der Waals surface area (Å²) in [7, 11) is 1.93. The van der Waals surface area contributed by atoms with Crippen LogP contribution in [-0.4, -0.2) is 4.57 Å². The Hall–Kier alpha value is -1.00. The second-order valence-corrected chi connectivity index (χ2v) is 4.13. The molecule has 13 heavy (non-hydrogen) atoms. The molecule has 5 heteroatoms. The van der Waals surface area contributed by atoms with Gasteiger partial charge in [-0.3, -0.25) is 0 Å². The van der Waals surface area contributed by atoms with Gasteiger partial charge in [0.1, 0.15) is 0 Å². The molecule has 68 valence electrons. The third kappa shape index (κ3) is 1.32. The van der Waals surface area contributed by atoms with E-state index in [-0.39, 0.29) is 0 Å². The van der Waals surface area contributed by atoms with Crippen LogP contribution in [0.1, 0.15) is 0 Å². The lowest BCUT2D eigenvalue weighted by atomic mass is 10.3. The van der Waals surface area contributed by atoms with Gasteiger partial charge in [0.25, 0.3) is 0 Å². The molecule has 0 amide bonds. The van der Waals surface area contributed by atoms with Gasteiger partial charge in [0.15, 0.2) is 0 Å². The first kappa shape index (κ1) is 8.59. The lowest BCUT2D eigenvalue weighted by Gasteiger charge is -1.93. The van der Waals surface area contributed by atoms with E-state index in [0.29, 0.717) is 0 Å². The van der Waals surface area contributed by atoms with Crippen molar-refractivity contribution in [2.75, 3.05) is 0 Å². The number of aromatic nitrogens is 1. The molecule has 0 aliphatic carbocycles. The van der Waals surface area contributed by atoms with Gasteiger partial charge in [0, 0.05) is 12.1 Å². The average molecular weight is 214 g/mol. The highest BCUT2D eigenvalue weighted by Crippen LogP contribution is 2.20. The fourth-order valence-electron chi connectivity index (χ4n) is 1.23. The Balaban J connectivity index is 2.93. The van der Waals surface area contributed by atoms with Crippen LogP contribution in [0.4, 0.5) is 0 Å². The molecule has 2 N–H and O–H groups in total. The molecule has 0 atom stereocenters. The quantitative estimate of drug-likeness (QED) is 0.525. The number of fused-ring (bicyclic) bond motifs is 1. The second kappa shape index (κ2) is 3.05. The van der Waals surface area contributed by atoms with Crippen LogP contribution < -0.4 is 10.6 Å². The topological polar surface area (TPSA) is 43.3 Å². The molecular weight excluding hydrogens is 206 g/mol. The normalized spacial score (nSPS) is 12.6. The van der Waals surface area contributed by atoms with Crippen molar-refractivity contribution in [1.29, 1.82) is 0 Å². The molecule has 0 unspecified atom stereocenters. The Morgan fingerprint density at radius 2 is 2.31 bits per heavy atom. The number of hydrogen-bond donors (Lipinski definition) is 1. The van der Waals surface area contributed by atoms with E-state index in [0.717, 1.165) is 20.0 Å². The minimum Gasteiger partial charge on any atom is -0.320 e. The van der Waals surface area contributed by atoms with Crippen LogP contribution >= 0.6 is 22.9 Å². The lowest BCUT2D eigenvalue weighted by Crippen LogP contribution is -2.12. The predicted molar refractivity (Wildman–Crippen MR) is 55.6 cm³/mol. The summed E-state index contributed by atoms with van der Waals surface area (Å²) in [5.41, 5.74) is 1.10. The van der Waals surface area contributed by atoms with Crippen molar-refractivity contribution in [1.82, 2.24) is 4.57 Å². The van der Waals surface area contributed by atoms with Crippen molar-refractivity contribution in [2.24, 2.45) is 18.0 Å². The average Bonchev–Trinajstić information content (AvgIpc) is 2.42. The van der Waals surface area contributed by atoms with Gasteiger partial charge >= 0.3 is 0 Å². The number of aryl methyl sites for hydroxylation is 1. The molecular formula is C8H8ClN3S. The van der Waals surface area contributed by atoms with Crippen LogP contribution in [0.3, 0.4) is 0 Å². The summed E-state index contributed by atoms with van der Waals surface area (Å²) >= 11 is 7.38. The number of hydrogen-bond acceptors (Lipinski definition) is 3. The van der Waals surface area contributed by atoms with Crippen LogP contribution in [0, 0.1) is 0 Å². The number of rotatable bonds is 0. The van der Waals surface area contributed by atoms with E-state index < -0.39 is 0 Å². The van der Waals surface area contributed by atoms with Gasteiger partial charge < -0.3 is 10.4 Å². The zero-order chi connectivity index (χ0) is 9.42. The molecule has 1 aromatic carbocycles. The highest BCUT2D eigenvalue weighted by molar-refractivity contribution is 7.16. The van der Waals surface area contributed by atoms with Crippen LogP contribution in [0.5, 0.6) is 0 Å². The molecule has 1 heterocycles. The summed E-state index contributed by atoms with van der Waals surface area (Å²) in [6.07, 6.45) is 0. The van der Waals surface area contributed by atoms with Crippen molar-refractivity contribution < 1.29 is 0 Å². The number of halogens is 1. The van der Waals surface area contributed by atoms with E-state index in [4.69, 9.17) is 17.4 Å². The van der Waals surface area contributed by atoms with E-state index in [2.05, 4.69) is 5.10 Å². The molecule has 0 bridgehead atoms. The number of nitrogens with two attached hydrogens (primary N) is 1. The summed E-state index contributed by atoms with van der Waals surface area (Å²) in [6.45, 7) is 0. The Morgan fingerprint density at radius 1 is 1.54 bits per heavy atom.